The Kier molecular flexibility index (Phi) is 4.20. The van der Waals surface area contributed by atoms with Crippen molar-refractivity contribution in [1.29, 1.82) is 0 Å². The normalized spacial score (nSPS) is 11.9. The van der Waals surface area contributed by atoms with E-state index in [9.17, 15) is 14.0 Å². The first-order chi connectivity index (χ1) is 7.99. The average Bonchev–Trinajstić information content (AvgIpc) is 2.31. The van der Waals surface area contributed by atoms with Crippen molar-refractivity contribution in [3.05, 3.63) is 30.1 Å². The average molecular weight is 239 g/mol. The van der Waals surface area contributed by atoms with Crippen molar-refractivity contribution in [3.8, 4) is 0 Å². The van der Waals surface area contributed by atoms with Gasteiger partial charge in [-0.15, -0.1) is 0 Å². The van der Waals surface area contributed by atoms with E-state index in [1.54, 1.807) is 13.0 Å². The lowest BCUT2D eigenvalue weighted by Gasteiger charge is -2.23. The van der Waals surface area contributed by atoms with Crippen molar-refractivity contribution >= 4 is 17.6 Å². The van der Waals surface area contributed by atoms with Crippen LogP contribution in [0.15, 0.2) is 24.3 Å². The van der Waals surface area contributed by atoms with Gasteiger partial charge in [-0.05, 0) is 26.0 Å². The molecule has 1 rings (SSSR count). The molecule has 0 aromatic heterocycles. The first-order valence-corrected chi connectivity index (χ1v) is 5.27. The second-order valence-electron chi connectivity index (χ2n) is 3.59. The molecule has 17 heavy (non-hydrogen) atoms. The number of nitrogens with zero attached hydrogens (tertiary/aromatic N) is 1. The lowest BCUT2D eigenvalue weighted by atomic mass is 10.1. The van der Waals surface area contributed by atoms with Gasteiger partial charge in [0.2, 0.25) is 5.91 Å². The number of anilines is 1. The van der Waals surface area contributed by atoms with E-state index < -0.39 is 23.6 Å². The Balaban J connectivity index is 3.04. The van der Waals surface area contributed by atoms with Crippen LogP contribution >= 0.6 is 0 Å². The van der Waals surface area contributed by atoms with Crippen LogP contribution in [-0.4, -0.2) is 23.5 Å². The van der Waals surface area contributed by atoms with E-state index in [1.165, 1.54) is 25.1 Å². The zero-order valence-corrected chi connectivity index (χ0v) is 9.68. The second kappa shape index (κ2) is 5.43. The fraction of sp³-hybridized carbons (Fsp3) is 0.333. The first kappa shape index (κ1) is 13.2. The molecule has 0 spiro atoms. The van der Waals surface area contributed by atoms with Crippen molar-refractivity contribution < 1.29 is 19.1 Å². The van der Waals surface area contributed by atoms with Crippen LogP contribution in [0.4, 0.5) is 10.1 Å². The summed E-state index contributed by atoms with van der Waals surface area (Å²) >= 11 is 0. The number of para-hydroxylation sites is 1. The zero-order chi connectivity index (χ0) is 13.0. The molecule has 5 heteroatoms. The van der Waals surface area contributed by atoms with Crippen LogP contribution in [0.1, 0.15) is 13.8 Å². The molecule has 92 valence electrons. The molecule has 1 unspecified atom stereocenters. The van der Waals surface area contributed by atoms with Crippen molar-refractivity contribution in [2.24, 2.45) is 5.92 Å². The van der Waals surface area contributed by atoms with Crippen molar-refractivity contribution in [2.75, 3.05) is 11.4 Å². The van der Waals surface area contributed by atoms with Crippen LogP contribution in [-0.2, 0) is 9.59 Å². The number of rotatable bonds is 4. The summed E-state index contributed by atoms with van der Waals surface area (Å²) in [6.07, 6.45) is 0. The van der Waals surface area contributed by atoms with Crippen LogP contribution in [0.5, 0.6) is 0 Å². The van der Waals surface area contributed by atoms with Crippen LogP contribution in [0, 0.1) is 11.7 Å². The van der Waals surface area contributed by atoms with Gasteiger partial charge >= 0.3 is 5.97 Å². The summed E-state index contributed by atoms with van der Waals surface area (Å²) in [5.41, 5.74) is 0.105. The Bertz CT molecular complexity index is 434. The SMILES string of the molecule is CCN(C(=O)C(C)C(=O)O)c1ccccc1F. The van der Waals surface area contributed by atoms with E-state index in [4.69, 9.17) is 5.11 Å². The Morgan fingerprint density at radius 1 is 1.41 bits per heavy atom. The number of hydrogen-bond donors (Lipinski definition) is 1. The van der Waals surface area contributed by atoms with Gasteiger partial charge < -0.3 is 10.0 Å². The highest BCUT2D eigenvalue weighted by Gasteiger charge is 2.27. The summed E-state index contributed by atoms with van der Waals surface area (Å²) in [5, 5.41) is 8.77. The van der Waals surface area contributed by atoms with Gasteiger partial charge in [0.15, 0.2) is 0 Å². The zero-order valence-electron chi connectivity index (χ0n) is 9.68. The molecular formula is C12H14FNO3. The van der Waals surface area contributed by atoms with E-state index in [-0.39, 0.29) is 12.2 Å². The number of carboxylic acid groups (broad SMARTS) is 1. The predicted molar refractivity (Wildman–Crippen MR) is 61.2 cm³/mol. The van der Waals surface area contributed by atoms with Crippen molar-refractivity contribution in [1.82, 2.24) is 0 Å². The van der Waals surface area contributed by atoms with E-state index >= 15 is 0 Å². The van der Waals surface area contributed by atoms with Gasteiger partial charge in [0.25, 0.3) is 0 Å². The molecule has 0 bridgehead atoms. The highest BCUT2D eigenvalue weighted by atomic mass is 19.1. The number of halogens is 1. The highest BCUT2D eigenvalue weighted by molar-refractivity contribution is 6.05. The fourth-order valence-corrected chi connectivity index (χ4v) is 1.45. The molecule has 1 amide bonds. The summed E-state index contributed by atoms with van der Waals surface area (Å²) in [6, 6.07) is 5.79. The summed E-state index contributed by atoms with van der Waals surface area (Å²) in [7, 11) is 0. The van der Waals surface area contributed by atoms with Gasteiger partial charge in [-0.3, -0.25) is 9.59 Å². The molecule has 0 aliphatic carbocycles. The predicted octanol–water partition coefficient (Wildman–Crippen LogP) is 1.90. The molecule has 0 heterocycles. The number of benzene rings is 1. The van der Waals surface area contributed by atoms with Crippen molar-refractivity contribution in [2.45, 2.75) is 13.8 Å². The molecular weight excluding hydrogens is 225 g/mol. The second-order valence-corrected chi connectivity index (χ2v) is 3.59. The maximum atomic E-state index is 13.5. The topological polar surface area (TPSA) is 57.6 Å². The number of hydrogen-bond acceptors (Lipinski definition) is 2. The van der Waals surface area contributed by atoms with Gasteiger partial charge in [-0.1, -0.05) is 12.1 Å². The van der Waals surface area contributed by atoms with E-state index in [0.717, 1.165) is 4.90 Å². The Labute approximate surface area is 98.7 Å². The van der Waals surface area contributed by atoms with Crippen LogP contribution in [0.25, 0.3) is 0 Å². The molecule has 1 aromatic rings. The number of carbonyl (C=O) groups excluding carboxylic acids is 1. The maximum Gasteiger partial charge on any atom is 0.315 e. The highest BCUT2D eigenvalue weighted by Crippen LogP contribution is 2.20. The summed E-state index contributed by atoms with van der Waals surface area (Å²) in [5.74, 6) is -3.57. The van der Waals surface area contributed by atoms with E-state index in [0.29, 0.717) is 0 Å². The van der Waals surface area contributed by atoms with Gasteiger partial charge in [0.1, 0.15) is 11.7 Å². The molecule has 0 saturated carbocycles. The smallest absolute Gasteiger partial charge is 0.315 e. The lowest BCUT2D eigenvalue weighted by molar-refractivity contribution is -0.145. The number of amides is 1. The number of carboxylic acids is 1. The third-order valence-corrected chi connectivity index (χ3v) is 2.47. The van der Waals surface area contributed by atoms with Crippen LogP contribution < -0.4 is 4.90 Å². The number of carbonyl (C=O) groups is 2. The van der Waals surface area contributed by atoms with Gasteiger partial charge in [-0.25, -0.2) is 4.39 Å². The molecule has 1 aromatic carbocycles. The monoisotopic (exact) mass is 239 g/mol. The van der Waals surface area contributed by atoms with Gasteiger partial charge in [0.05, 0.1) is 5.69 Å². The van der Waals surface area contributed by atoms with Crippen LogP contribution in [0.3, 0.4) is 0 Å². The van der Waals surface area contributed by atoms with E-state index in [1.807, 2.05) is 0 Å². The summed E-state index contributed by atoms with van der Waals surface area (Å²) in [6.45, 7) is 3.17. The minimum absolute atomic E-state index is 0.105. The molecule has 4 nitrogen and oxygen atoms in total. The molecule has 0 aliphatic rings. The van der Waals surface area contributed by atoms with Gasteiger partial charge in [0, 0.05) is 6.54 Å². The summed E-state index contributed by atoms with van der Waals surface area (Å²) < 4.78 is 13.5. The third-order valence-electron chi connectivity index (χ3n) is 2.47. The number of aliphatic carboxylic acids is 1. The molecule has 0 radical (unpaired) electrons. The van der Waals surface area contributed by atoms with E-state index in [2.05, 4.69) is 0 Å². The first-order valence-electron chi connectivity index (χ1n) is 5.27. The minimum atomic E-state index is -1.22. The van der Waals surface area contributed by atoms with Crippen molar-refractivity contribution in [3.63, 3.8) is 0 Å². The quantitative estimate of drug-likeness (QED) is 0.816. The Morgan fingerprint density at radius 2 is 2.00 bits per heavy atom. The van der Waals surface area contributed by atoms with Gasteiger partial charge in [-0.2, -0.15) is 0 Å². The molecule has 1 atom stereocenters. The minimum Gasteiger partial charge on any atom is -0.481 e. The molecule has 0 fully saturated rings. The largest absolute Gasteiger partial charge is 0.481 e. The molecule has 1 N–H and O–H groups in total. The Hall–Kier alpha value is -1.91. The van der Waals surface area contributed by atoms with Crippen LogP contribution in [0.2, 0.25) is 0 Å². The molecule has 0 aliphatic heterocycles. The fourth-order valence-electron chi connectivity index (χ4n) is 1.45. The maximum absolute atomic E-state index is 13.5. The standard InChI is InChI=1S/C12H14FNO3/c1-3-14(11(15)8(2)12(16)17)10-7-5-4-6-9(10)13/h4-8H,3H2,1-2H3,(H,16,17). The Morgan fingerprint density at radius 3 is 2.47 bits per heavy atom. The molecule has 0 saturated heterocycles. The third kappa shape index (κ3) is 2.81. The lowest BCUT2D eigenvalue weighted by Crippen LogP contribution is -2.38. The summed E-state index contributed by atoms with van der Waals surface area (Å²) in [4.78, 5) is 23.7.